The minimum Gasteiger partial charge on any atom is -0.480 e. The van der Waals surface area contributed by atoms with Crippen LogP contribution in [0.2, 0.25) is 0 Å². The Hall–Kier alpha value is -1.37. The molecule has 0 amide bonds. The predicted molar refractivity (Wildman–Crippen MR) is 46.5 cm³/mol. The monoisotopic (exact) mass is 219 g/mol. The smallest absolute Gasteiger partial charge is 0.328 e. The number of hydrogen-bond donors (Lipinski definition) is 1. The predicted octanol–water partition coefficient (Wildman–Crippen LogP) is 0.153. The van der Waals surface area contributed by atoms with Gasteiger partial charge in [0.1, 0.15) is 12.0 Å². The van der Waals surface area contributed by atoms with Gasteiger partial charge in [-0.1, -0.05) is 0 Å². The largest absolute Gasteiger partial charge is 0.480 e. The van der Waals surface area contributed by atoms with E-state index in [9.17, 15) is 13.2 Å². The number of aliphatic carboxylic acids is 1. The number of aryl methyl sites for hydroxylation is 1. The molecule has 1 heterocycles. The Morgan fingerprint density at radius 1 is 1.64 bits per heavy atom. The molecule has 1 N–H and O–H groups in total. The fraction of sp³-hybridized carbons (Fsp3) is 0.429. The summed E-state index contributed by atoms with van der Waals surface area (Å²) in [5.41, 5.74) is -0.0995. The van der Waals surface area contributed by atoms with Gasteiger partial charge in [0.15, 0.2) is 15.7 Å². The normalized spacial score (nSPS) is 13.9. The number of nitrogens with zero attached hydrogens (tertiary/aromatic N) is 1. The topological polar surface area (TPSA) is 97.5 Å². The van der Waals surface area contributed by atoms with Gasteiger partial charge in [0.2, 0.25) is 5.25 Å². The maximum absolute atomic E-state index is 11.1. The quantitative estimate of drug-likeness (QED) is 0.777. The highest BCUT2D eigenvalue weighted by molar-refractivity contribution is 7.91. The minimum atomic E-state index is -3.73. The lowest BCUT2D eigenvalue weighted by Gasteiger charge is -2.05. The second-order valence-electron chi connectivity index (χ2n) is 2.84. The first kappa shape index (κ1) is 10.7. The lowest BCUT2D eigenvalue weighted by atomic mass is 10.3. The van der Waals surface area contributed by atoms with Gasteiger partial charge < -0.3 is 9.52 Å². The Morgan fingerprint density at radius 2 is 2.21 bits per heavy atom. The third-order valence-corrected chi connectivity index (χ3v) is 2.86. The maximum atomic E-state index is 11.1. The number of hydrogen-bond acceptors (Lipinski definition) is 5. The molecule has 0 radical (unpaired) electrons. The summed E-state index contributed by atoms with van der Waals surface area (Å²) in [6, 6.07) is 0. The zero-order chi connectivity index (χ0) is 10.9. The highest BCUT2D eigenvalue weighted by atomic mass is 32.2. The van der Waals surface area contributed by atoms with E-state index >= 15 is 0 Å². The zero-order valence-electron chi connectivity index (χ0n) is 7.59. The third-order valence-electron chi connectivity index (χ3n) is 1.56. The van der Waals surface area contributed by atoms with Crippen LogP contribution >= 0.6 is 0 Å². The molecule has 78 valence electrons. The van der Waals surface area contributed by atoms with Gasteiger partial charge in [0, 0.05) is 13.2 Å². The number of oxazole rings is 1. The average Bonchev–Trinajstić information content (AvgIpc) is 2.31. The fourth-order valence-corrected chi connectivity index (χ4v) is 1.94. The number of aromatic nitrogens is 1. The van der Waals surface area contributed by atoms with E-state index in [4.69, 9.17) is 9.52 Å². The van der Waals surface area contributed by atoms with Crippen molar-refractivity contribution in [3.05, 3.63) is 17.8 Å². The lowest BCUT2D eigenvalue weighted by molar-refractivity contribution is -0.136. The molecule has 0 aliphatic rings. The summed E-state index contributed by atoms with van der Waals surface area (Å²) >= 11 is 0. The number of rotatable bonds is 3. The second kappa shape index (κ2) is 3.41. The summed E-state index contributed by atoms with van der Waals surface area (Å²) in [5.74, 6) is -1.23. The Bertz CT molecular complexity index is 446. The molecule has 6 nitrogen and oxygen atoms in total. The van der Waals surface area contributed by atoms with Crippen LogP contribution in [0.15, 0.2) is 10.7 Å². The molecule has 0 aromatic carbocycles. The molecule has 0 aliphatic heterocycles. The number of carbonyl (C=O) groups is 1. The van der Waals surface area contributed by atoms with E-state index in [1.165, 1.54) is 6.92 Å². The minimum absolute atomic E-state index is 0.0995. The number of sulfone groups is 1. The molecule has 0 saturated heterocycles. The molecule has 0 aliphatic carbocycles. The summed E-state index contributed by atoms with van der Waals surface area (Å²) in [4.78, 5) is 14.4. The van der Waals surface area contributed by atoms with Crippen LogP contribution in [0.3, 0.4) is 0 Å². The standard InChI is InChI=1S/C7H9NO5S/c1-4-8-5(3-13-4)6(7(9)10)14(2,11)12/h3,6H,1-2H3,(H,9,10). The summed E-state index contributed by atoms with van der Waals surface area (Å²) in [6.45, 7) is 1.50. The molecule has 1 atom stereocenters. The van der Waals surface area contributed by atoms with Crippen molar-refractivity contribution in [2.75, 3.05) is 6.26 Å². The first-order valence-corrected chi connectivity index (χ1v) is 5.61. The molecule has 1 unspecified atom stereocenters. The van der Waals surface area contributed by atoms with Crippen molar-refractivity contribution < 1.29 is 22.7 Å². The van der Waals surface area contributed by atoms with Crippen LogP contribution < -0.4 is 0 Å². The van der Waals surface area contributed by atoms with E-state index in [0.717, 1.165) is 12.5 Å². The van der Waals surface area contributed by atoms with Crippen molar-refractivity contribution >= 4 is 15.8 Å². The van der Waals surface area contributed by atoms with Crippen LogP contribution in [0.25, 0.3) is 0 Å². The molecule has 0 saturated carbocycles. The first-order chi connectivity index (χ1) is 6.32. The molecule has 0 bridgehead atoms. The van der Waals surface area contributed by atoms with E-state index in [2.05, 4.69) is 4.98 Å². The van der Waals surface area contributed by atoms with E-state index in [0.29, 0.717) is 0 Å². The number of carboxylic acid groups (broad SMARTS) is 1. The van der Waals surface area contributed by atoms with Crippen LogP contribution in [-0.4, -0.2) is 30.7 Å². The SMILES string of the molecule is Cc1nc(C(C(=O)O)S(C)(=O)=O)co1. The Labute approximate surface area is 80.5 Å². The molecule has 1 rings (SSSR count). The van der Waals surface area contributed by atoms with E-state index < -0.39 is 21.1 Å². The Balaban J connectivity index is 3.21. The summed E-state index contributed by atoms with van der Waals surface area (Å²) in [5, 5.41) is 7.06. The Morgan fingerprint density at radius 3 is 2.50 bits per heavy atom. The van der Waals surface area contributed by atoms with E-state index in [1.807, 2.05) is 0 Å². The van der Waals surface area contributed by atoms with Crippen molar-refractivity contribution in [3.63, 3.8) is 0 Å². The van der Waals surface area contributed by atoms with Crippen molar-refractivity contribution in [2.24, 2.45) is 0 Å². The highest BCUT2D eigenvalue weighted by Gasteiger charge is 2.33. The van der Waals surface area contributed by atoms with Crippen LogP contribution in [0, 0.1) is 6.92 Å². The van der Waals surface area contributed by atoms with Gasteiger partial charge in [-0.2, -0.15) is 0 Å². The third kappa shape index (κ3) is 2.11. The van der Waals surface area contributed by atoms with Gasteiger partial charge in [0.05, 0.1) is 0 Å². The molecular formula is C7H9NO5S. The summed E-state index contributed by atoms with van der Waals surface area (Å²) in [7, 11) is -3.73. The first-order valence-electron chi connectivity index (χ1n) is 3.66. The van der Waals surface area contributed by atoms with Crippen molar-refractivity contribution in [2.45, 2.75) is 12.2 Å². The average molecular weight is 219 g/mol. The molecule has 1 aromatic rings. The van der Waals surface area contributed by atoms with Crippen LogP contribution in [0.4, 0.5) is 0 Å². The maximum Gasteiger partial charge on any atom is 0.328 e. The number of carboxylic acids is 1. The molecule has 0 spiro atoms. The molecule has 7 heteroatoms. The van der Waals surface area contributed by atoms with Gasteiger partial charge in [-0.25, -0.2) is 13.4 Å². The Kier molecular flexibility index (Phi) is 2.61. The fourth-order valence-electron chi connectivity index (χ4n) is 1.03. The van der Waals surface area contributed by atoms with Gasteiger partial charge in [-0.15, -0.1) is 0 Å². The summed E-state index contributed by atoms with van der Waals surface area (Å²) < 4.78 is 27.0. The molecule has 14 heavy (non-hydrogen) atoms. The van der Waals surface area contributed by atoms with Crippen molar-refractivity contribution in [3.8, 4) is 0 Å². The highest BCUT2D eigenvalue weighted by Crippen LogP contribution is 2.20. The van der Waals surface area contributed by atoms with E-state index in [-0.39, 0.29) is 11.6 Å². The zero-order valence-corrected chi connectivity index (χ0v) is 8.41. The van der Waals surface area contributed by atoms with Gasteiger partial charge in [-0.3, -0.25) is 4.79 Å². The van der Waals surface area contributed by atoms with Crippen LogP contribution in [-0.2, 0) is 14.6 Å². The van der Waals surface area contributed by atoms with Crippen LogP contribution in [0.1, 0.15) is 16.8 Å². The molecular weight excluding hydrogens is 210 g/mol. The van der Waals surface area contributed by atoms with Gasteiger partial charge >= 0.3 is 5.97 Å². The van der Waals surface area contributed by atoms with Crippen molar-refractivity contribution in [1.29, 1.82) is 0 Å². The van der Waals surface area contributed by atoms with Gasteiger partial charge in [0.25, 0.3) is 0 Å². The second-order valence-corrected chi connectivity index (χ2v) is 4.97. The van der Waals surface area contributed by atoms with Crippen molar-refractivity contribution in [1.82, 2.24) is 4.98 Å². The van der Waals surface area contributed by atoms with Gasteiger partial charge in [-0.05, 0) is 0 Å². The van der Waals surface area contributed by atoms with E-state index in [1.54, 1.807) is 0 Å². The lowest BCUT2D eigenvalue weighted by Crippen LogP contribution is -2.21. The van der Waals surface area contributed by atoms with Crippen LogP contribution in [0.5, 0.6) is 0 Å². The molecule has 1 aromatic heterocycles. The summed E-state index contributed by atoms with van der Waals surface area (Å²) in [6.07, 6.45) is 1.88. The molecule has 0 fully saturated rings.